The number of hydrogen-bond acceptors (Lipinski definition) is 2. The summed E-state index contributed by atoms with van der Waals surface area (Å²) in [7, 11) is 0. The van der Waals surface area contributed by atoms with Crippen molar-refractivity contribution in [1.29, 1.82) is 0 Å². The van der Waals surface area contributed by atoms with Crippen LogP contribution in [-0.2, 0) is 0 Å². The number of rotatable bonds is 1. The molecule has 0 spiro atoms. The van der Waals surface area contributed by atoms with Crippen molar-refractivity contribution in [2.45, 2.75) is 6.92 Å². The zero-order chi connectivity index (χ0) is 9.97. The van der Waals surface area contributed by atoms with Gasteiger partial charge in [-0.15, -0.1) is 0 Å². The van der Waals surface area contributed by atoms with Crippen molar-refractivity contribution in [3.8, 4) is 5.75 Å². The molecule has 0 radical (unpaired) electrons. The van der Waals surface area contributed by atoms with E-state index in [1.807, 2.05) is 18.3 Å². The number of benzene rings is 1. The van der Waals surface area contributed by atoms with Gasteiger partial charge in [-0.05, 0) is 30.2 Å². The van der Waals surface area contributed by atoms with Gasteiger partial charge in [0.1, 0.15) is 5.75 Å². The van der Waals surface area contributed by atoms with Gasteiger partial charge in [-0.1, -0.05) is 23.8 Å². The Bertz CT molecular complexity index is 405. The molecule has 2 N–H and O–H groups in total. The Labute approximate surface area is 83.6 Å². The van der Waals surface area contributed by atoms with Crippen LogP contribution in [-0.4, -0.2) is 11.7 Å². The maximum Gasteiger partial charge on any atom is 0.116 e. The standard InChI is InChI=1S/C12H13NO/c1-9-5-11(8-13-7-9)10-3-2-4-12(14)6-10/h2-6,8,13-14H,7H2,1H3. The van der Waals surface area contributed by atoms with Gasteiger partial charge >= 0.3 is 0 Å². The summed E-state index contributed by atoms with van der Waals surface area (Å²) in [6.07, 6.45) is 4.10. The molecular formula is C12H13NO. The van der Waals surface area contributed by atoms with Gasteiger partial charge in [-0.2, -0.15) is 0 Å². The van der Waals surface area contributed by atoms with Gasteiger partial charge in [0, 0.05) is 12.7 Å². The molecule has 0 fully saturated rings. The van der Waals surface area contributed by atoms with Gasteiger partial charge in [0.25, 0.3) is 0 Å². The Morgan fingerprint density at radius 3 is 2.93 bits per heavy atom. The first-order valence-corrected chi connectivity index (χ1v) is 4.66. The fraction of sp³-hybridized carbons (Fsp3) is 0.167. The van der Waals surface area contributed by atoms with Gasteiger partial charge in [0.05, 0.1) is 0 Å². The molecular weight excluding hydrogens is 174 g/mol. The third-order valence-corrected chi connectivity index (χ3v) is 2.22. The minimum atomic E-state index is 0.306. The zero-order valence-corrected chi connectivity index (χ0v) is 8.12. The first-order valence-electron chi connectivity index (χ1n) is 4.66. The van der Waals surface area contributed by atoms with E-state index in [4.69, 9.17) is 0 Å². The maximum atomic E-state index is 9.34. The molecule has 1 heterocycles. The van der Waals surface area contributed by atoms with Crippen molar-refractivity contribution in [1.82, 2.24) is 5.32 Å². The Kier molecular flexibility index (Phi) is 2.27. The maximum absolute atomic E-state index is 9.34. The molecule has 0 unspecified atom stereocenters. The summed E-state index contributed by atoms with van der Waals surface area (Å²) in [6.45, 7) is 2.99. The van der Waals surface area contributed by atoms with Crippen LogP contribution in [0.1, 0.15) is 12.5 Å². The van der Waals surface area contributed by atoms with Crippen molar-refractivity contribution in [3.63, 3.8) is 0 Å². The number of phenols is 1. The third-order valence-electron chi connectivity index (χ3n) is 2.22. The molecule has 0 saturated carbocycles. The van der Waals surface area contributed by atoms with Gasteiger partial charge < -0.3 is 10.4 Å². The second-order valence-corrected chi connectivity index (χ2v) is 3.52. The van der Waals surface area contributed by atoms with Gasteiger partial charge in [0.15, 0.2) is 0 Å². The summed E-state index contributed by atoms with van der Waals surface area (Å²) < 4.78 is 0. The van der Waals surface area contributed by atoms with Crippen LogP contribution in [0.3, 0.4) is 0 Å². The second-order valence-electron chi connectivity index (χ2n) is 3.52. The average molecular weight is 187 g/mol. The largest absolute Gasteiger partial charge is 0.508 e. The lowest BCUT2D eigenvalue weighted by Gasteiger charge is -2.12. The van der Waals surface area contributed by atoms with Crippen LogP contribution in [0.15, 0.2) is 42.1 Å². The molecule has 0 saturated heterocycles. The highest BCUT2D eigenvalue weighted by molar-refractivity contribution is 5.76. The van der Waals surface area contributed by atoms with E-state index in [2.05, 4.69) is 18.3 Å². The summed E-state index contributed by atoms with van der Waals surface area (Å²) in [5.41, 5.74) is 3.45. The summed E-state index contributed by atoms with van der Waals surface area (Å²) in [5.74, 6) is 0.306. The van der Waals surface area contributed by atoms with E-state index in [-0.39, 0.29) is 0 Å². The molecule has 0 bridgehead atoms. The average Bonchev–Trinajstić information content (AvgIpc) is 2.18. The van der Waals surface area contributed by atoms with Crippen molar-refractivity contribution in [2.24, 2.45) is 0 Å². The summed E-state index contributed by atoms with van der Waals surface area (Å²) in [5, 5.41) is 12.5. The topological polar surface area (TPSA) is 32.3 Å². The van der Waals surface area contributed by atoms with Crippen molar-refractivity contribution >= 4 is 5.57 Å². The molecule has 2 nitrogen and oxygen atoms in total. The minimum absolute atomic E-state index is 0.306. The van der Waals surface area contributed by atoms with Crippen LogP contribution in [0.2, 0.25) is 0 Å². The molecule has 0 aromatic heterocycles. The van der Waals surface area contributed by atoms with Crippen LogP contribution in [0.4, 0.5) is 0 Å². The number of aromatic hydroxyl groups is 1. The Hall–Kier alpha value is -1.70. The van der Waals surface area contributed by atoms with E-state index in [1.165, 1.54) is 5.57 Å². The molecule has 1 aromatic rings. The van der Waals surface area contributed by atoms with Gasteiger partial charge in [0.2, 0.25) is 0 Å². The lowest BCUT2D eigenvalue weighted by molar-refractivity contribution is 0.475. The normalized spacial score (nSPS) is 15.5. The quantitative estimate of drug-likeness (QED) is 0.707. The Morgan fingerprint density at radius 1 is 1.36 bits per heavy atom. The first kappa shape index (κ1) is 8.88. The molecule has 2 heteroatoms. The molecule has 1 aromatic carbocycles. The summed E-state index contributed by atoms with van der Waals surface area (Å²) >= 11 is 0. The fourth-order valence-electron chi connectivity index (χ4n) is 1.53. The number of phenolic OH excluding ortho intramolecular Hbond substituents is 1. The molecule has 72 valence electrons. The monoisotopic (exact) mass is 187 g/mol. The van der Waals surface area contributed by atoms with E-state index >= 15 is 0 Å². The number of nitrogens with one attached hydrogen (secondary N) is 1. The van der Waals surface area contributed by atoms with Crippen LogP contribution in [0.25, 0.3) is 5.57 Å². The minimum Gasteiger partial charge on any atom is -0.508 e. The Balaban J connectivity index is 2.36. The molecule has 0 amide bonds. The van der Waals surface area contributed by atoms with Gasteiger partial charge in [-0.25, -0.2) is 0 Å². The van der Waals surface area contributed by atoms with Crippen LogP contribution in [0, 0.1) is 0 Å². The highest BCUT2D eigenvalue weighted by Crippen LogP contribution is 2.22. The van der Waals surface area contributed by atoms with Crippen molar-refractivity contribution in [2.75, 3.05) is 6.54 Å². The summed E-state index contributed by atoms with van der Waals surface area (Å²) in [6, 6.07) is 7.28. The predicted molar refractivity (Wildman–Crippen MR) is 57.8 cm³/mol. The second kappa shape index (κ2) is 3.58. The molecule has 0 atom stereocenters. The molecule has 1 aliphatic heterocycles. The van der Waals surface area contributed by atoms with Crippen LogP contribution >= 0.6 is 0 Å². The Morgan fingerprint density at radius 2 is 2.21 bits per heavy atom. The lowest BCUT2D eigenvalue weighted by Crippen LogP contribution is -2.12. The first-order chi connectivity index (χ1) is 6.75. The SMILES string of the molecule is CC1=CC(c2cccc(O)c2)=CNC1. The smallest absolute Gasteiger partial charge is 0.116 e. The third kappa shape index (κ3) is 1.79. The van der Waals surface area contributed by atoms with Crippen LogP contribution in [0.5, 0.6) is 5.75 Å². The number of dihydropyridines is 1. The number of hydrogen-bond donors (Lipinski definition) is 2. The van der Waals surface area contributed by atoms with E-state index in [0.717, 1.165) is 17.7 Å². The molecule has 14 heavy (non-hydrogen) atoms. The van der Waals surface area contributed by atoms with E-state index in [9.17, 15) is 5.11 Å². The predicted octanol–water partition coefficient (Wildman–Crippen LogP) is 2.28. The lowest BCUT2D eigenvalue weighted by atomic mass is 10.0. The van der Waals surface area contributed by atoms with Crippen molar-refractivity contribution < 1.29 is 5.11 Å². The molecule has 2 rings (SSSR count). The van der Waals surface area contributed by atoms with E-state index in [1.54, 1.807) is 12.1 Å². The van der Waals surface area contributed by atoms with Crippen LogP contribution < -0.4 is 5.32 Å². The fourth-order valence-corrected chi connectivity index (χ4v) is 1.53. The van der Waals surface area contributed by atoms with E-state index in [0.29, 0.717) is 5.75 Å². The molecule has 0 aliphatic carbocycles. The van der Waals surface area contributed by atoms with E-state index < -0.39 is 0 Å². The summed E-state index contributed by atoms with van der Waals surface area (Å²) in [4.78, 5) is 0. The van der Waals surface area contributed by atoms with Gasteiger partial charge in [-0.3, -0.25) is 0 Å². The highest BCUT2D eigenvalue weighted by Gasteiger charge is 2.03. The highest BCUT2D eigenvalue weighted by atomic mass is 16.3. The number of allylic oxidation sites excluding steroid dienone is 2. The zero-order valence-electron chi connectivity index (χ0n) is 8.12. The molecule has 1 aliphatic rings. The van der Waals surface area contributed by atoms with Crippen molar-refractivity contribution in [3.05, 3.63) is 47.7 Å².